The molecule has 3 aromatic heterocycles. The second kappa shape index (κ2) is 11.9. The summed E-state index contributed by atoms with van der Waals surface area (Å²) in [5, 5.41) is 10.7. The lowest BCUT2D eigenvalue weighted by molar-refractivity contribution is 0.669. The fourth-order valence-corrected chi connectivity index (χ4v) is 8.58. The third-order valence-corrected chi connectivity index (χ3v) is 11.1. The molecule has 0 amide bonds. The zero-order valence-corrected chi connectivity index (χ0v) is 29.9. The lowest BCUT2D eigenvalue weighted by atomic mass is 9.96. The number of aromatic nitrogens is 3. The van der Waals surface area contributed by atoms with E-state index in [-0.39, 0.29) is 0 Å². The number of furan rings is 2. The predicted molar refractivity (Wildman–Crippen MR) is 229 cm³/mol. The first-order valence-corrected chi connectivity index (χ1v) is 18.8. The monoisotopic (exact) mass is 715 g/mol. The fraction of sp³-hybridized carbons (Fsp3) is 0. The van der Waals surface area contributed by atoms with Crippen LogP contribution >= 0.6 is 0 Å². The molecule has 0 spiro atoms. The van der Waals surface area contributed by atoms with Crippen molar-refractivity contribution in [2.24, 2.45) is 0 Å². The molecule has 12 aromatic rings. The molecule has 56 heavy (non-hydrogen) atoms. The van der Waals surface area contributed by atoms with Crippen LogP contribution in [0, 0.1) is 0 Å². The Labute approximate surface area is 320 Å². The van der Waals surface area contributed by atoms with Gasteiger partial charge < -0.3 is 8.83 Å². The standard InChI is InChI=1S/C51H29N3O2/c1-2-12-30(13-3-1)32-24-26-38-45(29-32)56-43-23-11-21-40(47(38)43)50-52-49(39-20-10-15-31-25-27-44-48(46(31)39)37-19-8-9-22-42(37)55-44)53-51(54-50)41-28-33-14-4-5-16-34(33)35-17-6-7-18-36(35)41/h1-29H. The Morgan fingerprint density at radius 2 is 0.875 bits per heavy atom. The Morgan fingerprint density at radius 3 is 1.71 bits per heavy atom. The topological polar surface area (TPSA) is 65.0 Å². The summed E-state index contributed by atoms with van der Waals surface area (Å²) in [5.74, 6) is 1.76. The van der Waals surface area contributed by atoms with E-state index in [1.807, 2.05) is 30.3 Å². The summed E-state index contributed by atoms with van der Waals surface area (Å²) in [4.78, 5) is 16.1. The first-order chi connectivity index (χ1) is 27.7. The molecule has 0 aliphatic heterocycles. The summed E-state index contributed by atoms with van der Waals surface area (Å²) in [6, 6.07) is 60.9. The van der Waals surface area contributed by atoms with Gasteiger partial charge in [0, 0.05) is 43.6 Å². The van der Waals surface area contributed by atoms with Crippen LogP contribution in [0.5, 0.6) is 0 Å². The van der Waals surface area contributed by atoms with Gasteiger partial charge in [-0.3, -0.25) is 0 Å². The number of rotatable bonds is 4. The van der Waals surface area contributed by atoms with E-state index >= 15 is 0 Å². The molecule has 5 nitrogen and oxygen atoms in total. The number of benzene rings is 9. The SMILES string of the molecule is c1ccc(-c2ccc3c(c2)oc2cccc(-c4nc(-c5cc6ccccc6c6ccccc56)nc(-c5cccc6ccc7oc8ccccc8c7c56)n4)c23)cc1. The number of hydrogen-bond acceptors (Lipinski definition) is 5. The molecule has 0 aliphatic rings. The largest absolute Gasteiger partial charge is 0.456 e. The van der Waals surface area contributed by atoms with E-state index in [4.69, 9.17) is 23.8 Å². The molecule has 0 radical (unpaired) electrons. The van der Waals surface area contributed by atoms with Gasteiger partial charge in [-0.2, -0.15) is 0 Å². The van der Waals surface area contributed by atoms with Crippen LogP contribution in [0.25, 0.3) is 121 Å². The highest BCUT2D eigenvalue weighted by Crippen LogP contribution is 2.42. The lowest BCUT2D eigenvalue weighted by Gasteiger charge is -2.14. The molecular weight excluding hydrogens is 687 g/mol. The van der Waals surface area contributed by atoms with Crippen LogP contribution in [0.4, 0.5) is 0 Å². The number of nitrogens with zero attached hydrogens (tertiary/aromatic N) is 3. The van der Waals surface area contributed by atoms with Crippen molar-refractivity contribution in [2.75, 3.05) is 0 Å². The molecule has 0 atom stereocenters. The quantitative estimate of drug-likeness (QED) is 0.170. The van der Waals surface area contributed by atoms with Crippen molar-refractivity contribution in [1.82, 2.24) is 15.0 Å². The summed E-state index contributed by atoms with van der Waals surface area (Å²) in [7, 11) is 0. The molecule has 0 saturated heterocycles. The highest BCUT2D eigenvalue weighted by molar-refractivity contribution is 6.23. The highest BCUT2D eigenvalue weighted by atomic mass is 16.3. The number of fused-ring (bicyclic) bond motifs is 11. The number of hydrogen-bond donors (Lipinski definition) is 0. The van der Waals surface area contributed by atoms with Gasteiger partial charge in [0.25, 0.3) is 0 Å². The lowest BCUT2D eigenvalue weighted by Crippen LogP contribution is -2.01. The van der Waals surface area contributed by atoms with Crippen LogP contribution in [0.2, 0.25) is 0 Å². The molecular formula is C51H29N3O2. The third-order valence-electron chi connectivity index (χ3n) is 11.1. The van der Waals surface area contributed by atoms with Crippen LogP contribution in [0.1, 0.15) is 0 Å². The molecule has 0 N–H and O–H groups in total. The molecule has 5 heteroatoms. The van der Waals surface area contributed by atoms with Gasteiger partial charge in [-0.15, -0.1) is 0 Å². The molecule has 3 heterocycles. The minimum absolute atomic E-state index is 0.573. The molecule has 0 aliphatic carbocycles. The van der Waals surface area contributed by atoms with Crippen molar-refractivity contribution < 1.29 is 8.83 Å². The third kappa shape index (κ3) is 4.64. The second-order valence-electron chi connectivity index (χ2n) is 14.3. The molecule has 0 bridgehead atoms. The van der Waals surface area contributed by atoms with E-state index in [1.165, 1.54) is 5.39 Å². The van der Waals surface area contributed by atoms with Crippen LogP contribution in [0.15, 0.2) is 185 Å². The van der Waals surface area contributed by atoms with Gasteiger partial charge >= 0.3 is 0 Å². The Bertz CT molecular complexity index is 3550. The Balaban J connectivity index is 1.17. The normalized spacial score (nSPS) is 11.9. The maximum Gasteiger partial charge on any atom is 0.164 e. The molecule has 260 valence electrons. The van der Waals surface area contributed by atoms with Crippen molar-refractivity contribution in [1.29, 1.82) is 0 Å². The fourth-order valence-electron chi connectivity index (χ4n) is 8.58. The van der Waals surface area contributed by atoms with Crippen molar-refractivity contribution in [3.63, 3.8) is 0 Å². The minimum atomic E-state index is 0.573. The van der Waals surface area contributed by atoms with E-state index in [0.717, 1.165) is 98.6 Å². The van der Waals surface area contributed by atoms with E-state index in [9.17, 15) is 0 Å². The average molecular weight is 716 g/mol. The Morgan fingerprint density at radius 1 is 0.286 bits per heavy atom. The molecule has 0 saturated carbocycles. The van der Waals surface area contributed by atoms with Crippen molar-refractivity contribution in [3.8, 4) is 45.3 Å². The first-order valence-electron chi connectivity index (χ1n) is 18.8. The van der Waals surface area contributed by atoms with Crippen LogP contribution in [0.3, 0.4) is 0 Å². The van der Waals surface area contributed by atoms with Gasteiger partial charge in [-0.1, -0.05) is 140 Å². The first kappa shape index (κ1) is 30.8. The highest BCUT2D eigenvalue weighted by Gasteiger charge is 2.22. The smallest absolute Gasteiger partial charge is 0.164 e. The summed E-state index contributed by atoms with van der Waals surface area (Å²) in [5.41, 5.74) is 8.23. The predicted octanol–water partition coefficient (Wildman–Crippen LogP) is 13.8. The zero-order valence-electron chi connectivity index (χ0n) is 29.9. The summed E-state index contributed by atoms with van der Waals surface area (Å²) in [6.07, 6.45) is 0. The van der Waals surface area contributed by atoms with E-state index in [1.54, 1.807) is 0 Å². The molecule has 12 rings (SSSR count). The molecule has 0 fully saturated rings. The maximum atomic E-state index is 6.57. The molecule has 9 aromatic carbocycles. The minimum Gasteiger partial charge on any atom is -0.456 e. The van der Waals surface area contributed by atoms with Gasteiger partial charge in [-0.05, 0) is 74.5 Å². The van der Waals surface area contributed by atoms with Gasteiger partial charge in [-0.25, -0.2) is 15.0 Å². The van der Waals surface area contributed by atoms with Crippen LogP contribution in [-0.2, 0) is 0 Å². The maximum absolute atomic E-state index is 6.57. The van der Waals surface area contributed by atoms with E-state index in [2.05, 4.69) is 146 Å². The van der Waals surface area contributed by atoms with Gasteiger partial charge in [0.1, 0.15) is 22.3 Å². The summed E-state index contributed by atoms with van der Waals surface area (Å²) in [6.45, 7) is 0. The van der Waals surface area contributed by atoms with Gasteiger partial charge in [0.15, 0.2) is 17.5 Å². The van der Waals surface area contributed by atoms with Gasteiger partial charge in [0.05, 0.1) is 0 Å². The average Bonchev–Trinajstić information content (AvgIpc) is 3.84. The van der Waals surface area contributed by atoms with Crippen molar-refractivity contribution in [2.45, 2.75) is 0 Å². The molecule has 0 unspecified atom stereocenters. The van der Waals surface area contributed by atoms with E-state index in [0.29, 0.717) is 17.5 Å². The van der Waals surface area contributed by atoms with Crippen molar-refractivity contribution in [3.05, 3.63) is 176 Å². The van der Waals surface area contributed by atoms with Crippen LogP contribution in [-0.4, -0.2) is 15.0 Å². The zero-order chi connectivity index (χ0) is 36.7. The van der Waals surface area contributed by atoms with E-state index < -0.39 is 0 Å². The van der Waals surface area contributed by atoms with Crippen LogP contribution < -0.4 is 0 Å². The van der Waals surface area contributed by atoms with Crippen molar-refractivity contribution >= 4 is 76.2 Å². The summed E-state index contributed by atoms with van der Waals surface area (Å²) >= 11 is 0. The number of para-hydroxylation sites is 1. The summed E-state index contributed by atoms with van der Waals surface area (Å²) < 4.78 is 12.9. The Hall–Kier alpha value is -7.63. The second-order valence-corrected chi connectivity index (χ2v) is 14.3. The Kier molecular flexibility index (Phi) is 6.56. The van der Waals surface area contributed by atoms with Gasteiger partial charge in [0.2, 0.25) is 0 Å².